The summed E-state index contributed by atoms with van der Waals surface area (Å²) in [5.41, 5.74) is 6.73. The number of anilines is 2. The van der Waals surface area contributed by atoms with Crippen molar-refractivity contribution in [2.75, 3.05) is 17.7 Å². The second-order valence-electron chi connectivity index (χ2n) is 5.81. The van der Waals surface area contributed by atoms with E-state index in [1.54, 1.807) is 12.1 Å². The second kappa shape index (κ2) is 5.61. The average molecular weight is 297 g/mol. The molecule has 0 amide bonds. The van der Waals surface area contributed by atoms with Crippen molar-refractivity contribution in [3.05, 3.63) is 18.2 Å². The van der Waals surface area contributed by atoms with Gasteiger partial charge in [0.05, 0.1) is 5.69 Å². The fourth-order valence-corrected chi connectivity index (χ4v) is 3.80. The lowest BCUT2D eigenvalue weighted by Crippen LogP contribution is -2.36. The summed E-state index contributed by atoms with van der Waals surface area (Å²) in [6.45, 7) is 2.24. The molecule has 5 nitrogen and oxygen atoms in total. The molecule has 0 bridgehead atoms. The number of primary sulfonamides is 1. The topological polar surface area (TPSA) is 89.4 Å². The average Bonchev–Trinajstić information content (AvgIpc) is 2.37. The largest absolute Gasteiger partial charge is 0.399 e. The van der Waals surface area contributed by atoms with Gasteiger partial charge >= 0.3 is 0 Å². The number of rotatable bonds is 3. The molecule has 1 aromatic carbocycles. The van der Waals surface area contributed by atoms with Gasteiger partial charge in [-0.25, -0.2) is 13.6 Å². The van der Waals surface area contributed by atoms with Crippen LogP contribution in [-0.2, 0) is 10.0 Å². The van der Waals surface area contributed by atoms with Gasteiger partial charge in [-0.15, -0.1) is 0 Å². The van der Waals surface area contributed by atoms with Gasteiger partial charge in [0, 0.05) is 18.8 Å². The minimum Gasteiger partial charge on any atom is -0.399 e. The Morgan fingerprint density at radius 1 is 1.30 bits per heavy atom. The van der Waals surface area contributed by atoms with Crippen LogP contribution in [0.5, 0.6) is 0 Å². The molecule has 0 spiro atoms. The number of benzene rings is 1. The molecule has 0 aliphatic heterocycles. The number of hydrogen-bond donors (Lipinski definition) is 2. The first-order valence-corrected chi connectivity index (χ1v) is 8.49. The smallest absolute Gasteiger partial charge is 0.240 e. The van der Waals surface area contributed by atoms with Gasteiger partial charge in [0.1, 0.15) is 4.90 Å². The normalized spacial score (nSPS) is 23.6. The third-order valence-corrected chi connectivity index (χ3v) is 5.07. The summed E-state index contributed by atoms with van der Waals surface area (Å²) in [6, 6.07) is 5.25. The van der Waals surface area contributed by atoms with E-state index in [2.05, 4.69) is 6.92 Å². The van der Waals surface area contributed by atoms with Crippen LogP contribution in [0.4, 0.5) is 11.4 Å². The molecule has 0 radical (unpaired) electrons. The van der Waals surface area contributed by atoms with E-state index in [0.717, 1.165) is 12.8 Å². The van der Waals surface area contributed by atoms with E-state index in [-0.39, 0.29) is 4.90 Å². The Balaban J connectivity index is 2.36. The van der Waals surface area contributed by atoms with Crippen LogP contribution in [0.25, 0.3) is 0 Å². The Morgan fingerprint density at radius 2 is 2.00 bits per heavy atom. The molecule has 2 rings (SSSR count). The zero-order valence-corrected chi connectivity index (χ0v) is 12.9. The number of sulfonamides is 1. The van der Waals surface area contributed by atoms with Crippen molar-refractivity contribution in [1.29, 1.82) is 0 Å². The summed E-state index contributed by atoms with van der Waals surface area (Å²) >= 11 is 0. The number of nitrogen functional groups attached to an aromatic ring is 1. The Hall–Kier alpha value is -1.27. The van der Waals surface area contributed by atoms with Gasteiger partial charge in [0.25, 0.3) is 0 Å². The van der Waals surface area contributed by atoms with Crippen molar-refractivity contribution in [2.24, 2.45) is 11.1 Å². The molecule has 4 N–H and O–H groups in total. The Kier molecular flexibility index (Phi) is 4.25. The molecule has 112 valence electrons. The Labute approximate surface area is 121 Å². The predicted molar refractivity (Wildman–Crippen MR) is 82.1 cm³/mol. The van der Waals surface area contributed by atoms with E-state index >= 15 is 0 Å². The van der Waals surface area contributed by atoms with Gasteiger partial charge < -0.3 is 10.6 Å². The van der Waals surface area contributed by atoms with Gasteiger partial charge in [-0.3, -0.25) is 0 Å². The van der Waals surface area contributed by atoms with E-state index in [0.29, 0.717) is 23.3 Å². The fourth-order valence-electron chi connectivity index (χ4n) is 3.00. The van der Waals surface area contributed by atoms with E-state index < -0.39 is 10.0 Å². The summed E-state index contributed by atoms with van der Waals surface area (Å²) in [5, 5.41) is 5.31. The van der Waals surface area contributed by atoms with Crippen molar-refractivity contribution < 1.29 is 8.42 Å². The zero-order chi connectivity index (χ0) is 14.9. The van der Waals surface area contributed by atoms with E-state index in [9.17, 15) is 8.42 Å². The third-order valence-electron chi connectivity index (χ3n) is 4.13. The standard InChI is InChI=1S/C14H23N3O2S/c1-10-4-3-5-12(8-10)17(2)13-7-6-11(15)9-14(13)20(16,18)19/h6-7,9-10,12H,3-5,8,15H2,1-2H3,(H2,16,18,19). The molecular formula is C14H23N3O2S. The summed E-state index contributed by atoms with van der Waals surface area (Å²) in [6.07, 6.45) is 4.57. The molecule has 1 aromatic rings. The lowest BCUT2D eigenvalue weighted by atomic mass is 9.86. The monoisotopic (exact) mass is 297 g/mol. The Morgan fingerprint density at radius 3 is 2.60 bits per heavy atom. The highest BCUT2D eigenvalue weighted by Gasteiger charge is 2.26. The molecule has 0 heterocycles. The summed E-state index contributed by atoms with van der Waals surface area (Å²) in [4.78, 5) is 2.15. The molecular weight excluding hydrogens is 274 g/mol. The molecule has 20 heavy (non-hydrogen) atoms. The molecule has 2 unspecified atom stereocenters. The molecule has 6 heteroatoms. The van der Waals surface area contributed by atoms with Crippen LogP contribution in [0.2, 0.25) is 0 Å². The number of nitrogens with zero attached hydrogens (tertiary/aromatic N) is 1. The van der Waals surface area contributed by atoms with Gasteiger partial charge in [0.2, 0.25) is 10.0 Å². The minimum atomic E-state index is -3.77. The quantitative estimate of drug-likeness (QED) is 0.834. The number of hydrogen-bond acceptors (Lipinski definition) is 4. The van der Waals surface area contributed by atoms with Crippen LogP contribution in [0.1, 0.15) is 32.6 Å². The first kappa shape index (κ1) is 15.1. The van der Waals surface area contributed by atoms with Crippen LogP contribution in [0.15, 0.2) is 23.1 Å². The van der Waals surface area contributed by atoms with Crippen molar-refractivity contribution >= 4 is 21.4 Å². The van der Waals surface area contributed by atoms with Crippen molar-refractivity contribution in [1.82, 2.24) is 0 Å². The maximum absolute atomic E-state index is 11.8. The van der Waals surface area contributed by atoms with Crippen molar-refractivity contribution in [3.8, 4) is 0 Å². The maximum atomic E-state index is 11.8. The van der Waals surface area contributed by atoms with Gasteiger partial charge in [0.15, 0.2) is 0 Å². The lowest BCUT2D eigenvalue weighted by molar-refractivity contribution is 0.336. The van der Waals surface area contributed by atoms with E-state index in [1.165, 1.54) is 18.9 Å². The zero-order valence-electron chi connectivity index (χ0n) is 12.0. The highest BCUT2D eigenvalue weighted by atomic mass is 32.2. The molecule has 2 atom stereocenters. The third kappa shape index (κ3) is 3.24. The highest BCUT2D eigenvalue weighted by Crippen LogP contribution is 2.33. The fraction of sp³-hybridized carbons (Fsp3) is 0.571. The van der Waals surface area contributed by atoms with Crippen LogP contribution < -0.4 is 15.8 Å². The molecule has 0 aromatic heterocycles. The number of nitrogens with two attached hydrogens (primary N) is 2. The molecule has 1 aliphatic rings. The van der Waals surface area contributed by atoms with Crippen LogP contribution in [-0.4, -0.2) is 21.5 Å². The first-order valence-electron chi connectivity index (χ1n) is 6.94. The van der Waals surface area contributed by atoms with Gasteiger partial charge in [-0.2, -0.15) is 0 Å². The molecule has 1 saturated carbocycles. The van der Waals surface area contributed by atoms with Crippen molar-refractivity contribution in [3.63, 3.8) is 0 Å². The summed E-state index contributed by atoms with van der Waals surface area (Å²) < 4.78 is 23.5. The predicted octanol–water partition coefficient (Wildman–Crippen LogP) is 1.93. The summed E-state index contributed by atoms with van der Waals surface area (Å²) in [5.74, 6) is 0.669. The highest BCUT2D eigenvalue weighted by molar-refractivity contribution is 7.89. The van der Waals surface area contributed by atoms with Gasteiger partial charge in [-0.05, 0) is 37.0 Å². The molecule has 0 saturated heterocycles. The SMILES string of the molecule is CC1CCCC(N(C)c2ccc(N)cc2S(N)(=O)=O)C1. The first-order chi connectivity index (χ1) is 9.29. The van der Waals surface area contributed by atoms with Crippen LogP contribution in [0.3, 0.4) is 0 Å². The van der Waals surface area contributed by atoms with Crippen LogP contribution >= 0.6 is 0 Å². The molecule has 1 aliphatic carbocycles. The van der Waals surface area contributed by atoms with Gasteiger partial charge in [-0.1, -0.05) is 19.8 Å². The van der Waals surface area contributed by atoms with Crippen molar-refractivity contribution in [2.45, 2.75) is 43.5 Å². The summed E-state index contributed by atoms with van der Waals surface area (Å²) in [7, 11) is -1.84. The Bertz CT molecular complexity index is 586. The van der Waals surface area contributed by atoms with E-state index in [1.807, 2.05) is 11.9 Å². The van der Waals surface area contributed by atoms with Crippen LogP contribution in [0, 0.1) is 5.92 Å². The second-order valence-corrected chi connectivity index (χ2v) is 7.34. The maximum Gasteiger partial charge on any atom is 0.240 e. The molecule has 1 fully saturated rings. The lowest BCUT2D eigenvalue weighted by Gasteiger charge is -2.36. The minimum absolute atomic E-state index is 0.109. The van der Waals surface area contributed by atoms with E-state index in [4.69, 9.17) is 10.9 Å².